The molecule has 2 nitrogen and oxygen atoms in total. The molecule has 1 aromatic carbocycles. The quantitative estimate of drug-likeness (QED) is 0.759. The Morgan fingerprint density at radius 2 is 2.08 bits per heavy atom. The van der Waals surface area contributed by atoms with Crippen molar-refractivity contribution in [3.05, 3.63) is 36.1 Å². The fourth-order valence-electron chi connectivity index (χ4n) is 1.36. The minimum atomic E-state index is 0.271. The lowest BCUT2D eigenvalue weighted by Crippen LogP contribution is -2.10. The Labute approximate surface area is 77.6 Å². The van der Waals surface area contributed by atoms with Gasteiger partial charge in [0.05, 0.1) is 6.04 Å². The molecule has 2 aromatic rings. The van der Waals surface area contributed by atoms with Crippen LogP contribution in [0.25, 0.3) is 11.0 Å². The van der Waals surface area contributed by atoms with Crippen LogP contribution < -0.4 is 5.32 Å². The van der Waals surface area contributed by atoms with Crippen molar-refractivity contribution in [2.75, 3.05) is 7.05 Å². The van der Waals surface area contributed by atoms with Gasteiger partial charge in [-0.1, -0.05) is 18.2 Å². The summed E-state index contributed by atoms with van der Waals surface area (Å²) in [5, 5.41) is 4.31. The van der Waals surface area contributed by atoms with Gasteiger partial charge in [0.1, 0.15) is 11.3 Å². The Morgan fingerprint density at radius 3 is 2.77 bits per heavy atom. The van der Waals surface area contributed by atoms with Crippen LogP contribution in [0.5, 0.6) is 0 Å². The van der Waals surface area contributed by atoms with Crippen LogP contribution in [0, 0.1) is 0 Å². The molecular weight excluding hydrogens is 162 g/mol. The molecule has 0 saturated heterocycles. The molecule has 0 saturated carbocycles. The summed E-state index contributed by atoms with van der Waals surface area (Å²) in [4.78, 5) is 0. The van der Waals surface area contributed by atoms with Crippen molar-refractivity contribution in [1.29, 1.82) is 0 Å². The zero-order valence-corrected chi connectivity index (χ0v) is 7.87. The van der Waals surface area contributed by atoms with Crippen LogP contribution in [-0.4, -0.2) is 7.05 Å². The molecule has 2 heteroatoms. The summed E-state index contributed by atoms with van der Waals surface area (Å²) in [5.74, 6) is 0.990. The molecule has 0 aliphatic heterocycles. The second-order valence-electron chi connectivity index (χ2n) is 3.20. The summed E-state index contributed by atoms with van der Waals surface area (Å²) in [5.41, 5.74) is 0.958. The predicted octanol–water partition coefficient (Wildman–Crippen LogP) is 2.71. The van der Waals surface area contributed by atoms with Crippen molar-refractivity contribution >= 4 is 11.0 Å². The van der Waals surface area contributed by atoms with Gasteiger partial charge in [0, 0.05) is 5.39 Å². The number of hydrogen-bond acceptors (Lipinski definition) is 2. The Kier molecular flexibility index (Phi) is 2.07. The Balaban J connectivity index is 2.49. The zero-order chi connectivity index (χ0) is 9.26. The van der Waals surface area contributed by atoms with Crippen LogP contribution >= 0.6 is 0 Å². The van der Waals surface area contributed by atoms with E-state index in [1.807, 2.05) is 25.2 Å². The van der Waals surface area contributed by atoms with Gasteiger partial charge >= 0.3 is 0 Å². The highest BCUT2D eigenvalue weighted by atomic mass is 16.3. The van der Waals surface area contributed by atoms with E-state index in [0.717, 1.165) is 11.3 Å². The van der Waals surface area contributed by atoms with Gasteiger partial charge in [-0.3, -0.25) is 0 Å². The average molecular weight is 175 g/mol. The molecule has 0 amide bonds. The van der Waals surface area contributed by atoms with Crippen LogP contribution in [0.1, 0.15) is 18.7 Å². The lowest BCUT2D eigenvalue weighted by atomic mass is 10.2. The lowest BCUT2D eigenvalue weighted by molar-refractivity contribution is 0.475. The normalized spacial score (nSPS) is 13.4. The molecule has 1 heterocycles. The standard InChI is InChI=1S/C11H13NO/c1-8(12-2)11-7-9-5-3-4-6-10(9)13-11/h3-8,12H,1-2H3/t8-/m0/s1. The maximum absolute atomic E-state index is 5.66. The third-order valence-corrected chi connectivity index (χ3v) is 2.30. The van der Waals surface area contributed by atoms with Gasteiger partial charge in [0.25, 0.3) is 0 Å². The first kappa shape index (κ1) is 8.32. The molecule has 2 rings (SSSR count). The third-order valence-electron chi connectivity index (χ3n) is 2.30. The fourth-order valence-corrected chi connectivity index (χ4v) is 1.36. The summed E-state index contributed by atoms with van der Waals surface area (Å²) in [7, 11) is 1.93. The van der Waals surface area contributed by atoms with E-state index < -0.39 is 0 Å². The van der Waals surface area contributed by atoms with Crippen molar-refractivity contribution in [1.82, 2.24) is 5.32 Å². The molecule has 1 aromatic heterocycles. The molecule has 0 radical (unpaired) electrons. The highest BCUT2D eigenvalue weighted by Gasteiger charge is 2.08. The smallest absolute Gasteiger partial charge is 0.134 e. The molecule has 13 heavy (non-hydrogen) atoms. The second kappa shape index (κ2) is 3.23. The number of furan rings is 1. The van der Waals surface area contributed by atoms with Crippen LogP contribution in [0.3, 0.4) is 0 Å². The predicted molar refractivity (Wildman–Crippen MR) is 53.7 cm³/mol. The van der Waals surface area contributed by atoms with Crippen molar-refractivity contribution in [3.63, 3.8) is 0 Å². The summed E-state index contributed by atoms with van der Waals surface area (Å²) in [6, 6.07) is 10.4. The SMILES string of the molecule is CN[C@@H](C)c1cc2ccccc2o1. The molecule has 0 aliphatic rings. The number of nitrogens with one attached hydrogen (secondary N) is 1. The molecule has 0 aliphatic carbocycles. The largest absolute Gasteiger partial charge is 0.459 e. The van der Waals surface area contributed by atoms with E-state index in [0.29, 0.717) is 0 Å². The Morgan fingerprint density at radius 1 is 1.31 bits per heavy atom. The van der Waals surface area contributed by atoms with E-state index in [4.69, 9.17) is 4.42 Å². The van der Waals surface area contributed by atoms with Gasteiger partial charge in [-0.15, -0.1) is 0 Å². The van der Waals surface area contributed by atoms with E-state index in [9.17, 15) is 0 Å². The molecule has 0 fully saturated rings. The average Bonchev–Trinajstić information content (AvgIpc) is 2.59. The number of rotatable bonds is 2. The summed E-state index contributed by atoms with van der Waals surface area (Å²) >= 11 is 0. The molecule has 0 spiro atoms. The number of hydrogen-bond donors (Lipinski definition) is 1. The Hall–Kier alpha value is -1.28. The topological polar surface area (TPSA) is 25.2 Å². The van der Waals surface area contributed by atoms with Crippen LogP contribution in [0.2, 0.25) is 0 Å². The van der Waals surface area contributed by atoms with E-state index in [-0.39, 0.29) is 6.04 Å². The first-order valence-corrected chi connectivity index (χ1v) is 4.47. The molecule has 1 N–H and O–H groups in total. The Bertz CT molecular complexity index is 372. The van der Waals surface area contributed by atoms with Crippen molar-refractivity contribution in [2.45, 2.75) is 13.0 Å². The molecule has 0 bridgehead atoms. The summed E-state index contributed by atoms with van der Waals surface area (Å²) < 4.78 is 5.66. The van der Waals surface area contributed by atoms with E-state index in [1.54, 1.807) is 0 Å². The van der Waals surface area contributed by atoms with Crippen LogP contribution in [-0.2, 0) is 0 Å². The first-order chi connectivity index (χ1) is 6.31. The molecular formula is C11H13NO. The van der Waals surface area contributed by atoms with E-state index in [1.165, 1.54) is 5.39 Å². The maximum atomic E-state index is 5.66. The number of para-hydroxylation sites is 1. The summed E-state index contributed by atoms with van der Waals surface area (Å²) in [6.45, 7) is 2.08. The monoisotopic (exact) mass is 175 g/mol. The van der Waals surface area contributed by atoms with Gasteiger partial charge in [-0.2, -0.15) is 0 Å². The van der Waals surface area contributed by atoms with Gasteiger partial charge in [-0.05, 0) is 26.1 Å². The third kappa shape index (κ3) is 1.45. The molecule has 1 atom stereocenters. The highest BCUT2D eigenvalue weighted by Crippen LogP contribution is 2.22. The highest BCUT2D eigenvalue weighted by molar-refractivity contribution is 5.77. The van der Waals surface area contributed by atoms with Crippen molar-refractivity contribution in [3.8, 4) is 0 Å². The van der Waals surface area contributed by atoms with Gasteiger partial charge < -0.3 is 9.73 Å². The number of benzene rings is 1. The molecule has 68 valence electrons. The minimum Gasteiger partial charge on any atom is -0.459 e. The van der Waals surface area contributed by atoms with Crippen molar-refractivity contribution < 1.29 is 4.42 Å². The van der Waals surface area contributed by atoms with Crippen molar-refractivity contribution in [2.24, 2.45) is 0 Å². The first-order valence-electron chi connectivity index (χ1n) is 4.47. The van der Waals surface area contributed by atoms with Crippen LogP contribution in [0.15, 0.2) is 34.7 Å². The van der Waals surface area contributed by atoms with Crippen LogP contribution in [0.4, 0.5) is 0 Å². The minimum absolute atomic E-state index is 0.271. The lowest BCUT2D eigenvalue weighted by Gasteiger charge is -2.04. The van der Waals surface area contributed by atoms with Gasteiger partial charge in [0.15, 0.2) is 0 Å². The maximum Gasteiger partial charge on any atom is 0.134 e. The van der Waals surface area contributed by atoms with E-state index >= 15 is 0 Å². The summed E-state index contributed by atoms with van der Waals surface area (Å²) in [6.07, 6.45) is 0. The number of fused-ring (bicyclic) bond motifs is 1. The van der Waals surface area contributed by atoms with E-state index in [2.05, 4.69) is 24.4 Å². The second-order valence-corrected chi connectivity index (χ2v) is 3.20. The van der Waals surface area contributed by atoms with Gasteiger partial charge in [0.2, 0.25) is 0 Å². The fraction of sp³-hybridized carbons (Fsp3) is 0.273. The van der Waals surface area contributed by atoms with Gasteiger partial charge in [-0.25, -0.2) is 0 Å². The zero-order valence-electron chi connectivity index (χ0n) is 7.87. The molecule has 0 unspecified atom stereocenters.